The van der Waals surface area contributed by atoms with Crippen molar-refractivity contribution < 1.29 is 0 Å². The molecule has 2 aliphatic carbocycles. The van der Waals surface area contributed by atoms with Crippen molar-refractivity contribution in [2.24, 2.45) is 11.3 Å². The minimum Gasteiger partial charge on any atom is -0.110 e. The molecule has 0 aromatic heterocycles. The van der Waals surface area contributed by atoms with E-state index in [0.29, 0.717) is 0 Å². The van der Waals surface area contributed by atoms with Gasteiger partial charge in [-0.2, -0.15) is 0 Å². The van der Waals surface area contributed by atoms with Crippen molar-refractivity contribution in [3.63, 3.8) is 0 Å². The summed E-state index contributed by atoms with van der Waals surface area (Å²) < 4.78 is 0. The summed E-state index contributed by atoms with van der Waals surface area (Å²) in [5, 5.41) is 0. The average Bonchev–Trinajstić information content (AvgIpc) is 2.78. The fraction of sp³-hybridized carbons (Fsp3) is 1.00. The van der Waals surface area contributed by atoms with Gasteiger partial charge in [0.25, 0.3) is 0 Å². The molecule has 0 N–H and O–H groups in total. The van der Waals surface area contributed by atoms with Crippen LogP contribution in [0.1, 0.15) is 45.4 Å². The van der Waals surface area contributed by atoms with Crippen LogP contribution < -0.4 is 0 Å². The van der Waals surface area contributed by atoms with E-state index in [1.165, 1.54) is 19.3 Å². The third-order valence-corrected chi connectivity index (χ3v) is 16.1. The molecule has 0 amide bonds. The summed E-state index contributed by atoms with van der Waals surface area (Å²) in [5.41, 5.74) is 1.86. The molecule has 0 aromatic rings. The molecule has 4 heteroatoms. The van der Waals surface area contributed by atoms with E-state index in [1.54, 1.807) is 19.3 Å². The van der Waals surface area contributed by atoms with Crippen LogP contribution >= 0.6 is 33.1 Å². The number of hydrogen-bond donors (Lipinski definition) is 0. The van der Waals surface area contributed by atoms with Crippen LogP contribution in [-0.4, -0.2) is 5.66 Å². The molecule has 0 saturated heterocycles. The van der Waals surface area contributed by atoms with Gasteiger partial charge < -0.3 is 0 Å². The lowest BCUT2D eigenvalue weighted by Gasteiger charge is -2.33. The predicted octanol–water partition coefficient (Wildman–Crippen LogP) is 5.00. The summed E-state index contributed by atoms with van der Waals surface area (Å²) in [5.74, 6) is 1.02. The van der Waals surface area contributed by atoms with Crippen molar-refractivity contribution in [2.75, 3.05) is 0 Å². The minimum atomic E-state index is 0.246. The van der Waals surface area contributed by atoms with Gasteiger partial charge in [0, 0.05) is 0 Å². The Labute approximate surface area is 95.8 Å². The van der Waals surface area contributed by atoms with Gasteiger partial charge in [-0.25, -0.2) is 0 Å². The molecule has 0 aromatic carbocycles. The first kappa shape index (κ1) is 12.2. The molecule has 4 unspecified atom stereocenters. The summed E-state index contributed by atoms with van der Waals surface area (Å²) in [4.78, 5) is 0. The first-order valence-electron chi connectivity index (χ1n) is 5.70. The number of rotatable bonds is 2. The lowest BCUT2D eigenvalue weighted by Crippen LogP contribution is -2.23. The lowest BCUT2D eigenvalue weighted by molar-refractivity contribution is 0.226. The van der Waals surface area contributed by atoms with Gasteiger partial charge in [0.15, 0.2) is 0 Å². The zero-order valence-corrected chi connectivity index (χ0v) is 13.2. The third-order valence-electron chi connectivity index (χ3n) is 4.59. The van der Waals surface area contributed by atoms with Crippen LogP contribution in [0.5, 0.6) is 0 Å². The Morgan fingerprint density at radius 1 is 1.29 bits per heavy atom. The quantitative estimate of drug-likeness (QED) is 0.617. The fourth-order valence-corrected chi connectivity index (χ4v) is 9.56. The average molecular weight is 266 g/mol. The third kappa shape index (κ3) is 2.07. The van der Waals surface area contributed by atoms with Gasteiger partial charge in [0.05, 0.1) is 0 Å². The smallest absolute Gasteiger partial charge is 0.0105 e. The molecule has 2 saturated carbocycles. The van der Waals surface area contributed by atoms with Crippen molar-refractivity contribution in [1.82, 2.24) is 0 Å². The maximum absolute atomic E-state index is 3.15. The second-order valence-corrected chi connectivity index (χ2v) is 14.6. The molecule has 14 heavy (non-hydrogen) atoms. The van der Waals surface area contributed by atoms with Gasteiger partial charge in [-0.3, -0.25) is 0 Å². The van der Waals surface area contributed by atoms with E-state index < -0.39 is 0 Å². The predicted molar refractivity (Wildman–Crippen MR) is 77.7 cm³/mol. The molecule has 2 aliphatic rings. The van der Waals surface area contributed by atoms with Crippen LogP contribution in [-0.2, 0) is 0 Å². The van der Waals surface area contributed by atoms with Crippen LogP contribution in [0.4, 0.5) is 0 Å². The van der Waals surface area contributed by atoms with Crippen LogP contribution in [0.25, 0.3) is 0 Å². The molecule has 0 heterocycles. The Morgan fingerprint density at radius 3 is 2.50 bits per heavy atom. The Hall–Kier alpha value is 1.72. The van der Waals surface area contributed by atoms with Crippen LogP contribution in [0.2, 0.25) is 0 Å². The molecule has 0 aliphatic heterocycles. The van der Waals surface area contributed by atoms with Gasteiger partial charge in [0.2, 0.25) is 0 Å². The van der Waals surface area contributed by atoms with E-state index in [-0.39, 0.29) is 7.30 Å². The van der Waals surface area contributed by atoms with Crippen LogP contribution in [0.15, 0.2) is 0 Å². The molecule has 2 rings (SSSR count). The normalized spacial score (nSPS) is 38.8. The van der Waals surface area contributed by atoms with Crippen molar-refractivity contribution in [2.45, 2.75) is 51.1 Å². The van der Waals surface area contributed by atoms with E-state index in [4.69, 9.17) is 0 Å². The second kappa shape index (κ2) is 4.92. The maximum Gasteiger partial charge on any atom is -0.0105 e. The maximum atomic E-state index is 3.15. The highest BCUT2D eigenvalue weighted by atomic mass is 32.6. The van der Waals surface area contributed by atoms with E-state index in [1.807, 2.05) is 0 Å². The molecule has 0 nitrogen and oxygen atoms in total. The summed E-state index contributed by atoms with van der Waals surface area (Å²) in [6.07, 6.45) is 9.17. The highest BCUT2D eigenvalue weighted by molar-refractivity contribution is 8.61. The molecule has 1 spiro atoms. The zero-order valence-electron chi connectivity index (χ0n) is 9.00. The van der Waals surface area contributed by atoms with Crippen molar-refractivity contribution in [1.29, 1.82) is 0 Å². The molecule has 6 atom stereocenters. The number of hydrogen-bond acceptors (Lipinski definition) is 0. The highest BCUT2D eigenvalue weighted by Gasteiger charge is 2.48. The topological polar surface area (TPSA) is 0 Å². The molecular formula is C10H22P4. The minimum absolute atomic E-state index is 0.246. The monoisotopic (exact) mass is 266 g/mol. The zero-order chi connectivity index (χ0) is 10.2. The molecule has 0 bridgehead atoms. The highest BCUT2D eigenvalue weighted by Crippen LogP contribution is 2.75. The van der Waals surface area contributed by atoms with Gasteiger partial charge >= 0.3 is 0 Å². The van der Waals surface area contributed by atoms with E-state index in [2.05, 4.69) is 24.8 Å². The van der Waals surface area contributed by atoms with Gasteiger partial charge in [0.1, 0.15) is 0 Å². The Bertz CT molecular complexity index is 200. The van der Waals surface area contributed by atoms with E-state index in [0.717, 1.165) is 24.9 Å². The summed E-state index contributed by atoms with van der Waals surface area (Å²) in [6.45, 7) is 2.55. The van der Waals surface area contributed by atoms with Crippen LogP contribution in [0, 0.1) is 11.3 Å². The molecule has 2 fully saturated rings. The van der Waals surface area contributed by atoms with Gasteiger partial charge in [-0.05, 0) is 42.7 Å². The Balaban J connectivity index is 2.06. The standard InChI is InChI=1S/C10H22P4/c1-8-9(14(12)13-11)4-7-10(8)5-2-3-6-10/h8-9,13H,2-7,11-12H2,1H3/t8-,9+,14?/m1/s1. The first-order chi connectivity index (χ1) is 6.69. The second-order valence-electron chi connectivity index (χ2n) is 5.00. The summed E-state index contributed by atoms with van der Waals surface area (Å²) in [6, 6.07) is 0. The van der Waals surface area contributed by atoms with E-state index in [9.17, 15) is 0 Å². The van der Waals surface area contributed by atoms with E-state index >= 15 is 0 Å². The van der Waals surface area contributed by atoms with Gasteiger partial charge in [-0.15, -0.1) is 17.9 Å². The Kier molecular flexibility index (Phi) is 4.29. The summed E-state index contributed by atoms with van der Waals surface area (Å²) >= 11 is 0. The van der Waals surface area contributed by atoms with Gasteiger partial charge in [-0.1, -0.05) is 35.0 Å². The fourth-order valence-electron chi connectivity index (χ4n) is 3.58. The van der Waals surface area contributed by atoms with Crippen molar-refractivity contribution >= 4 is 33.1 Å². The first-order valence-corrected chi connectivity index (χ1v) is 12.4. The molecule has 82 valence electrons. The van der Waals surface area contributed by atoms with Crippen molar-refractivity contribution in [3.8, 4) is 0 Å². The van der Waals surface area contributed by atoms with Crippen LogP contribution in [0.3, 0.4) is 0 Å². The molecule has 0 radical (unpaired) electrons. The largest absolute Gasteiger partial charge is 0.110 e. The summed E-state index contributed by atoms with van der Waals surface area (Å²) in [7, 11) is 7.46. The molecular weight excluding hydrogens is 244 g/mol. The van der Waals surface area contributed by atoms with Crippen molar-refractivity contribution in [3.05, 3.63) is 0 Å². The lowest BCUT2D eigenvalue weighted by atomic mass is 9.77. The Morgan fingerprint density at radius 2 is 1.93 bits per heavy atom. The SMILES string of the molecule is C[C@@H]1[C@@H](P(P)PP)CCC12CCCC2.